The van der Waals surface area contributed by atoms with Crippen molar-refractivity contribution in [2.45, 2.75) is 6.29 Å². The van der Waals surface area contributed by atoms with Crippen LogP contribution in [-0.2, 0) is 9.47 Å². The van der Waals surface area contributed by atoms with Crippen LogP contribution < -0.4 is 0 Å². The number of methoxy groups -OCH3 is 2. The third kappa shape index (κ3) is 2.24. The molecule has 0 saturated heterocycles. The van der Waals surface area contributed by atoms with Crippen LogP contribution in [0.1, 0.15) is 12.0 Å². The Morgan fingerprint density at radius 2 is 2.12 bits per heavy atom. The fraction of sp³-hybridized carbons (Fsp3) is 0.300. The SMILES string of the molecule is COC(OC)c1ccnc(-c2cncs2)n1. The summed E-state index contributed by atoms with van der Waals surface area (Å²) in [5.74, 6) is 0.638. The van der Waals surface area contributed by atoms with Crippen LogP contribution >= 0.6 is 11.3 Å². The predicted molar refractivity (Wildman–Crippen MR) is 59.9 cm³/mol. The number of ether oxygens (including phenoxy) is 2. The van der Waals surface area contributed by atoms with Crippen LogP contribution in [0.15, 0.2) is 24.0 Å². The van der Waals surface area contributed by atoms with Crippen molar-refractivity contribution in [3.05, 3.63) is 29.7 Å². The monoisotopic (exact) mass is 237 g/mol. The zero-order valence-electron chi connectivity index (χ0n) is 8.95. The molecule has 84 valence electrons. The van der Waals surface area contributed by atoms with Crippen molar-refractivity contribution in [3.63, 3.8) is 0 Å². The number of hydrogen-bond donors (Lipinski definition) is 0. The molecule has 2 aromatic heterocycles. The first kappa shape index (κ1) is 11.1. The van der Waals surface area contributed by atoms with Crippen LogP contribution in [0.2, 0.25) is 0 Å². The van der Waals surface area contributed by atoms with E-state index in [0.717, 1.165) is 4.88 Å². The Morgan fingerprint density at radius 1 is 1.31 bits per heavy atom. The van der Waals surface area contributed by atoms with E-state index in [-0.39, 0.29) is 0 Å². The topological polar surface area (TPSA) is 57.1 Å². The van der Waals surface area contributed by atoms with Gasteiger partial charge in [-0.2, -0.15) is 0 Å². The van der Waals surface area contributed by atoms with Gasteiger partial charge in [0.05, 0.1) is 10.4 Å². The molecular weight excluding hydrogens is 226 g/mol. The third-order valence-corrected chi connectivity index (χ3v) is 2.77. The molecule has 0 unspecified atom stereocenters. The Labute approximate surface area is 97.1 Å². The molecule has 2 rings (SSSR count). The Bertz CT molecular complexity index is 443. The van der Waals surface area contributed by atoms with Crippen molar-refractivity contribution in [3.8, 4) is 10.7 Å². The molecule has 0 N–H and O–H groups in total. The van der Waals surface area contributed by atoms with Gasteiger partial charge in [-0.05, 0) is 6.07 Å². The number of rotatable bonds is 4. The molecule has 0 amide bonds. The number of thiazole rings is 1. The van der Waals surface area contributed by atoms with E-state index in [4.69, 9.17) is 9.47 Å². The van der Waals surface area contributed by atoms with Gasteiger partial charge in [0, 0.05) is 26.6 Å². The predicted octanol–water partition coefficient (Wildman–Crippen LogP) is 1.89. The molecule has 0 fully saturated rings. The standard InChI is InChI=1S/C10H11N3O2S/c1-14-10(15-2)7-3-4-12-9(13-7)8-5-11-6-16-8/h3-6,10H,1-2H3. The molecule has 5 nitrogen and oxygen atoms in total. The lowest BCUT2D eigenvalue weighted by Crippen LogP contribution is -2.06. The van der Waals surface area contributed by atoms with E-state index >= 15 is 0 Å². The highest BCUT2D eigenvalue weighted by Gasteiger charge is 2.12. The molecule has 0 aliphatic carbocycles. The van der Waals surface area contributed by atoms with Gasteiger partial charge < -0.3 is 9.47 Å². The average Bonchev–Trinajstić information content (AvgIpc) is 2.85. The first-order valence-corrected chi connectivity index (χ1v) is 5.50. The lowest BCUT2D eigenvalue weighted by atomic mass is 10.3. The van der Waals surface area contributed by atoms with Crippen molar-refractivity contribution >= 4 is 11.3 Å². The highest BCUT2D eigenvalue weighted by molar-refractivity contribution is 7.13. The summed E-state index contributed by atoms with van der Waals surface area (Å²) >= 11 is 1.49. The van der Waals surface area contributed by atoms with Gasteiger partial charge in [0.15, 0.2) is 5.82 Å². The van der Waals surface area contributed by atoms with E-state index in [2.05, 4.69) is 15.0 Å². The molecule has 0 atom stereocenters. The van der Waals surface area contributed by atoms with Gasteiger partial charge in [0.25, 0.3) is 0 Å². The Kier molecular flexibility index (Phi) is 3.55. The highest BCUT2D eigenvalue weighted by Crippen LogP contribution is 2.21. The second-order valence-electron chi connectivity index (χ2n) is 2.97. The number of hydrogen-bond acceptors (Lipinski definition) is 6. The highest BCUT2D eigenvalue weighted by atomic mass is 32.1. The van der Waals surface area contributed by atoms with Gasteiger partial charge >= 0.3 is 0 Å². The number of nitrogens with zero attached hydrogens (tertiary/aromatic N) is 3. The molecule has 2 heterocycles. The fourth-order valence-corrected chi connectivity index (χ4v) is 1.85. The Hall–Kier alpha value is -1.37. The largest absolute Gasteiger partial charge is 0.350 e. The summed E-state index contributed by atoms with van der Waals surface area (Å²) in [6.07, 6.45) is 2.95. The second-order valence-corrected chi connectivity index (χ2v) is 3.86. The van der Waals surface area contributed by atoms with E-state index in [1.807, 2.05) is 0 Å². The van der Waals surface area contributed by atoms with Crippen molar-refractivity contribution < 1.29 is 9.47 Å². The summed E-state index contributed by atoms with van der Waals surface area (Å²) in [6, 6.07) is 1.77. The summed E-state index contributed by atoms with van der Waals surface area (Å²) in [6.45, 7) is 0. The molecule has 0 aliphatic rings. The van der Waals surface area contributed by atoms with Crippen LogP contribution in [0.3, 0.4) is 0 Å². The minimum atomic E-state index is -0.463. The Morgan fingerprint density at radius 3 is 2.75 bits per heavy atom. The molecule has 0 bridgehead atoms. The molecule has 0 aliphatic heterocycles. The molecule has 2 aromatic rings. The number of aromatic nitrogens is 3. The van der Waals surface area contributed by atoms with Crippen LogP contribution in [0.4, 0.5) is 0 Å². The molecule has 0 saturated carbocycles. The van der Waals surface area contributed by atoms with Crippen LogP contribution in [-0.4, -0.2) is 29.2 Å². The summed E-state index contributed by atoms with van der Waals surface area (Å²) in [7, 11) is 3.14. The van der Waals surface area contributed by atoms with Crippen molar-refractivity contribution in [1.29, 1.82) is 0 Å². The summed E-state index contributed by atoms with van der Waals surface area (Å²) in [4.78, 5) is 13.5. The third-order valence-electron chi connectivity index (χ3n) is 2.00. The minimum absolute atomic E-state index is 0.463. The van der Waals surface area contributed by atoms with Crippen LogP contribution in [0.5, 0.6) is 0 Å². The summed E-state index contributed by atoms with van der Waals surface area (Å²) in [5.41, 5.74) is 2.44. The van der Waals surface area contributed by atoms with Gasteiger partial charge in [-0.1, -0.05) is 0 Å². The van der Waals surface area contributed by atoms with Gasteiger partial charge in [-0.3, -0.25) is 4.98 Å². The molecule has 6 heteroatoms. The fourth-order valence-electron chi connectivity index (χ4n) is 1.29. The first-order chi connectivity index (χ1) is 7.85. The lowest BCUT2D eigenvalue weighted by Gasteiger charge is -2.12. The molecule has 0 aromatic carbocycles. The molecule has 16 heavy (non-hydrogen) atoms. The van der Waals surface area contributed by atoms with E-state index in [1.54, 1.807) is 38.2 Å². The quantitative estimate of drug-likeness (QED) is 0.760. The summed E-state index contributed by atoms with van der Waals surface area (Å²) < 4.78 is 10.3. The van der Waals surface area contributed by atoms with Crippen molar-refractivity contribution in [1.82, 2.24) is 15.0 Å². The van der Waals surface area contributed by atoms with Crippen LogP contribution in [0.25, 0.3) is 10.7 Å². The van der Waals surface area contributed by atoms with E-state index in [1.165, 1.54) is 11.3 Å². The molecular formula is C10H11N3O2S. The zero-order chi connectivity index (χ0) is 11.4. The zero-order valence-corrected chi connectivity index (χ0v) is 9.77. The summed E-state index contributed by atoms with van der Waals surface area (Å²) in [5, 5.41) is 0. The van der Waals surface area contributed by atoms with Gasteiger partial charge in [-0.15, -0.1) is 11.3 Å². The van der Waals surface area contributed by atoms with Gasteiger partial charge in [0.1, 0.15) is 5.69 Å². The van der Waals surface area contributed by atoms with E-state index < -0.39 is 6.29 Å². The average molecular weight is 237 g/mol. The van der Waals surface area contributed by atoms with Crippen molar-refractivity contribution in [2.75, 3.05) is 14.2 Å². The smallest absolute Gasteiger partial charge is 0.200 e. The van der Waals surface area contributed by atoms with E-state index in [9.17, 15) is 0 Å². The van der Waals surface area contributed by atoms with Crippen molar-refractivity contribution in [2.24, 2.45) is 0 Å². The first-order valence-electron chi connectivity index (χ1n) is 4.62. The maximum absolute atomic E-state index is 5.13. The normalized spacial score (nSPS) is 10.9. The van der Waals surface area contributed by atoms with Gasteiger partial charge in [-0.25, -0.2) is 9.97 Å². The maximum Gasteiger partial charge on any atom is 0.200 e. The molecule has 0 spiro atoms. The maximum atomic E-state index is 5.13. The Balaban J connectivity index is 2.33. The second kappa shape index (κ2) is 5.11. The van der Waals surface area contributed by atoms with Gasteiger partial charge in [0.2, 0.25) is 6.29 Å². The molecule has 0 radical (unpaired) electrons. The van der Waals surface area contributed by atoms with Crippen LogP contribution in [0, 0.1) is 0 Å². The lowest BCUT2D eigenvalue weighted by molar-refractivity contribution is -0.108. The van der Waals surface area contributed by atoms with E-state index in [0.29, 0.717) is 11.5 Å². The minimum Gasteiger partial charge on any atom is -0.350 e.